The van der Waals surface area contributed by atoms with Gasteiger partial charge in [0.2, 0.25) is 5.75 Å². The topological polar surface area (TPSA) is 85.6 Å². The van der Waals surface area contributed by atoms with Crippen LogP contribution in [0.4, 0.5) is 0 Å². The zero-order valence-corrected chi connectivity index (χ0v) is 10.6. The van der Waals surface area contributed by atoms with Crippen molar-refractivity contribution in [3.05, 3.63) is 47.3 Å². The number of aromatic hydroxyl groups is 3. The van der Waals surface area contributed by atoms with Crippen molar-refractivity contribution < 1.29 is 15.3 Å². The average Bonchev–Trinajstić information content (AvgIpc) is 2.39. The fourth-order valence-electron chi connectivity index (χ4n) is 1.78. The van der Waals surface area contributed by atoms with Crippen molar-refractivity contribution in [3.8, 4) is 17.2 Å². The molecule has 5 nitrogen and oxygen atoms in total. The molecule has 0 saturated heterocycles. The number of pyridine rings is 1. The Morgan fingerprint density at radius 1 is 1.00 bits per heavy atom. The predicted molar refractivity (Wildman–Crippen MR) is 71.0 cm³/mol. The van der Waals surface area contributed by atoms with Gasteiger partial charge in [0.25, 0.3) is 0 Å². The van der Waals surface area contributed by atoms with Crippen molar-refractivity contribution in [1.29, 1.82) is 0 Å². The second-order valence-corrected chi connectivity index (χ2v) is 4.31. The lowest BCUT2D eigenvalue weighted by atomic mass is 10.1. The van der Waals surface area contributed by atoms with E-state index in [4.69, 9.17) is 0 Å². The SMILES string of the molecule is Cc1cccc(CNCc2ccc(O)c(O)c2O)n1. The van der Waals surface area contributed by atoms with Crippen LogP contribution >= 0.6 is 0 Å². The standard InChI is InChI=1S/C14H16N2O3/c1-9-3-2-4-11(16-9)8-15-7-10-5-6-12(17)14(19)13(10)18/h2-6,15,17-19H,7-8H2,1H3. The van der Waals surface area contributed by atoms with Gasteiger partial charge in [-0.15, -0.1) is 0 Å². The van der Waals surface area contributed by atoms with Gasteiger partial charge in [0, 0.05) is 24.3 Å². The second kappa shape index (κ2) is 5.58. The number of phenolic OH excluding ortho intramolecular Hbond substituents is 3. The molecule has 0 fully saturated rings. The lowest BCUT2D eigenvalue weighted by molar-refractivity contribution is 0.364. The highest BCUT2D eigenvalue weighted by Crippen LogP contribution is 2.36. The molecule has 0 amide bonds. The summed E-state index contributed by atoms with van der Waals surface area (Å²) in [4.78, 5) is 4.34. The molecule has 0 bridgehead atoms. The van der Waals surface area contributed by atoms with Crippen LogP contribution in [0.5, 0.6) is 17.2 Å². The molecule has 0 aliphatic rings. The highest BCUT2D eigenvalue weighted by atomic mass is 16.3. The Morgan fingerprint density at radius 3 is 2.53 bits per heavy atom. The number of hydrogen-bond donors (Lipinski definition) is 4. The number of hydrogen-bond acceptors (Lipinski definition) is 5. The fourth-order valence-corrected chi connectivity index (χ4v) is 1.78. The molecule has 2 rings (SSSR count). The molecule has 1 aromatic heterocycles. The van der Waals surface area contributed by atoms with Gasteiger partial charge < -0.3 is 20.6 Å². The van der Waals surface area contributed by atoms with Crippen molar-refractivity contribution in [2.45, 2.75) is 20.0 Å². The van der Waals surface area contributed by atoms with Crippen LogP contribution < -0.4 is 5.32 Å². The number of phenols is 3. The monoisotopic (exact) mass is 260 g/mol. The van der Waals surface area contributed by atoms with Gasteiger partial charge in [-0.1, -0.05) is 12.1 Å². The van der Waals surface area contributed by atoms with E-state index in [-0.39, 0.29) is 11.5 Å². The lowest BCUT2D eigenvalue weighted by Gasteiger charge is -2.09. The first-order valence-electron chi connectivity index (χ1n) is 5.94. The minimum absolute atomic E-state index is 0.301. The Bertz CT molecular complexity index is 585. The van der Waals surface area contributed by atoms with Crippen LogP contribution in [0.2, 0.25) is 0 Å². The zero-order valence-electron chi connectivity index (χ0n) is 10.6. The van der Waals surface area contributed by atoms with E-state index in [1.54, 1.807) is 6.07 Å². The Hall–Kier alpha value is -2.27. The second-order valence-electron chi connectivity index (χ2n) is 4.31. The number of nitrogens with one attached hydrogen (secondary N) is 1. The number of aromatic nitrogens is 1. The van der Waals surface area contributed by atoms with Crippen LogP contribution in [0.3, 0.4) is 0 Å². The summed E-state index contributed by atoms with van der Waals surface area (Å²) in [5.74, 6) is -1.13. The Labute approximate surface area is 111 Å². The van der Waals surface area contributed by atoms with E-state index in [9.17, 15) is 15.3 Å². The molecule has 19 heavy (non-hydrogen) atoms. The van der Waals surface area contributed by atoms with Gasteiger partial charge >= 0.3 is 0 Å². The fraction of sp³-hybridized carbons (Fsp3) is 0.214. The third kappa shape index (κ3) is 3.14. The first-order valence-corrected chi connectivity index (χ1v) is 5.94. The molecule has 0 radical (unpaired) electrons. The summed E-state index contributed by atoms with van der Waals surface area (Å²) in [5.41, 5.74) is 2.37. The van der Waals surface area contributed by atoms with Gasteiger partial charge in [0.05, 0.1) is 5.69 Å². The summed E-state index contributed by atoms with van der Waals surface area (Å²) in [6.45, 7) is 2.85. The molecule has 100 valence electrons. The molecular weight excluding hydrogens is 244 g/mol. The minimum Gasteiger partial charge on any atom is -0.504 e. The molecule has 5 heteroatoms. The van der Waals surface area contributed by atoms with E-state index in [0.717, 1.165) is 11.4 Å². The van der Waals surface area contributed by atoms with Crippen molar-refractivity contribution in [1.82, 2.24) is 10.3 Å². The van der Waals surface area contributed by atoms with Gasteiger partial charge in [-0.25, -0.2) is 0 Å². The number of benzene rings is 1. The molecule has 0 unspecified atom stereocenters. The van der Waals surface area contributed by atoms with E-state index in [1.165, 1.54) is 6.07 Å². The van der Waals surface area contributed by atoms with E-state index < -0.39 is 5.75 Å². The first kappa shape index (κ1) is 13.2. The first-order chi connectivity index (χ1) is 9.08. The van der Waals surface area contributed by atoms with E-state index >= 15 is 0 Å². The van der Waals surface area contributed by atoms with Crippen LogP contribution in [-0.2, 0) is 13.1 Å². The largest absolute Gasteiger partial charge is 0.504 e. The van der Waals surface area contributed by atoms with Crippen LogP contribution in [0.25, 0.3) is 0 Å². The minimum atomic E-state index is -0.493. The number of aryl methyl sites for hydroxylation is 1. The normalized spacial score (nSPS) is 10.6. The van der Waals surface area contributed by atoms with Gasteiger partial charge in [-0.05, 0) is 25.1 Å². The van der Waals surface area contributed by atoms with Crippen molar-refractivity contribution in [2.75, 3.05) is 0 Å². The van der Waals surface area contributed by atoms with Crippen LogP contribution in [0, 0.1) is 6.92 Å². The van der Waals surface area contributed by atoms with Crippen molar-refractivity contribution in [3.63, 3.8) is 0 Å². The Kier molecular flexibility index (Phi) is 3.87. The van der Waals surface area contributed by atoms with Crippen LogP contribution in [-0.4, -0.2) is 20.3 Å². The summed E-state index contributed by atoms with van der Waals surface area (Å²) >= 11 is 0. The average molecular weight is 260 g/mol. The number of nitrogens with zero attached hydrogens (tertiary/aromatic N) is 1. The maximum absolute atomic E-state index is 9.65. The van der Waals surface area contributed by atoms with E-state index in [0.29, 0.717) is 18.7 Å². The quantitative estimate of drug-likeness (QED) is 0.630. The molecule has 0 aliphatic heterocycles. The summed E-state index contributed by atoms with van der Waals surface area (Å²) < 4.78 is 0. The van der Waals surface area contributed by atoms with Gasteiger partial charge in [-0.3, -0.25) is 4.98 Å². The lowest BCUT2D eigenvalue weighted by Crippen LogP contribution is -2.14. The highest BCUT2D eigenvalue weighted by Gasteiger charge is 2.10. The molecular formula is C14H16N2O3. The molecule has 0 atom stereocenters. The molecule has 1 heterocycles. The molecule has 1 aromatic carbocycles. The predicted octanol–water partition coefficient (Wildman–Crippen LogP) is 1.80. The van der Waals surface area contributed by atoms with Crippen LogP contribution in [0.15, 0.2) is 30.3 Å². The third-order valence-corrected chi connectivity index (χ3v) is 2.78. The Balaban J connectivity index is 1.98. The summed E-state index contributed by atoms with van der Waals surface area (Å²) in [5, 5.41) is 31.4. The molecule has 2 aromatic rings. The maximum atomic E-state index is 9.65. The van der Waals surface area contributed by atoms with Crippen molar-refractivity contribution >= 4 is 0 Å². The highest BCUT2D eigenvalue weighted by molar-refractivity contribution is 5.52. The van der Waals surface area contributed by atoms with Crippen molar-refractivity contribution in [2.24, 2.45) is 0 Å². The van der Waals surface area contributed by atoms with Gasteiger partial charge in [-0.2, -0.15) is 0 Å². The summed E-state index contributed by atoms with van der Waals surface area (Å²) in [6.07, 6.45) is 0. The third-order valence-electron chi connectivity index (χ3n) is 2.78. The van der Waals surface area contributed by atoms with E-state index in [2.05, 4.69) is 10.3 Å². The number of rotatable bonds is 4. The summed E-state index contributed by atoms with van der Waals surface area (Å²) in [6, 6.07) is 8.67. The van der Waals surface area contributed by atoms with E-state index in [1.807, 2.05) is 25.1 Å². The molecule has 4 N–H and O–H groups in total. The smallest absolute Gasteiger partial charge is 0.200 e. The zero-order chi connectivity index (χ0) is 13.8. The molecule has 0 saturated carbocycles. The van der Waals surface area contributed by atoms with Gasteiger partial charge in [0.1, 0.15) is 0 Å². The molecule has 0 aliphatic carbocycles. The van der Waals surface area contributed by atoms with Gasteiger partial charge in [0.15, 0.2) is 11.5 Å². The maximum Gasteiger partial charge on any atom is 0.200 e. The Morgan fingerprint density at radius 2 is 1.79 bits per heavy atom. The molecule has 0 spiro atoms. The summed E-state index contributed by atoms with van der Waals surface area (Å²) in [7, 11) is 0. The van der Waals surface area contributed by atoms with Crippen LogP contribution in [0.1, 0.15) is 17.0 Å².